The molecule has 0 radical (unpaired) electrons. The van der Waals surface area contributed by atoms with Crippen LogP contribution in [0.25, 0.3) is 0 Å². The molecule has 0 aromatic heterocycles. The van der Waals surface area contributed by atoms with Gasteiger partial charge in [-0.05, 0) is 12.5 Å². The van der Waals surface area contributed by atoms with Crippen LogP contribution in [0.1, 0.15) is 18.9 Å². The maximum absolute atomic E-state index is 12.0. The quantitative estimate of drug-likeness (QED) is 0.787. The van der Waals surface area contributed by atoms with Gasteiger partial charge in [0.05, 0.1) is 13.2 Å². The second kappa shape index (κ2) is 6.88. The molecule has 0 bridgehead atoms. The van der Waals surface area contributed by atoms with E-state index in [9.17, 15) is 14.4 Å². The fraction of sp³-hybridized carbons (Fsp3) is 0.400. The van der Waals surface area contributed by atoms with E-state index in [2.05, 4.69) is 0 Å². The normalized spacial score (nSPS) is 17.7. The highest BCUT2D eigenvalue weighted by Crippen LogP contribution is 2.18. The Balaban J connectivity index is 1.96. The molecule has 0 spiro atoms. The highest BCUT2D eigenvalue weighted by Gasteiger charge is 2.40. The molecule has 2 rings (SSSR count). The van der Waals surface area contributed by atoms with E-state index < -0.39 is 18.1 Å². The minimum absolute atomic E-state index is 0.0146. The molecule has 6 heteroatoms. The molecule has 21 heavy (non-hydrogen) atoms. The van der Waals surface area contributed by atoms with E-state index >= 15 is 0 Å². The average Bonchev–Trinajstić information content (AvgIpc) is 2.88. The first-order valence-electron chi connectivity index (χ1n) is 6.77. The van der Waals surface area contributed by atoms with Crippen molar-refractivity contribution >= 4 is 17.8 Å². The maximum Gasteiger partial charge on any atom is 0.411 e. The Hall–Kier alpha value is -2.37. The smallest absolute Gasteiger partial charge is 0.411 e. The predicted molar refractivity (Wildman–Crippen MR) is 73.4 cm³/mol. The van der Waals surface area contributed by atoms with Gasteiger partial charge in [-0.25, -0.2) is 9.59 Å². The van der Waals surface area contributed by atoms with Crippen molar-refractivity contribution in [2.24, 2.45) is 0 Å². The van der Waals surface area contributed by atoms with Gasteiger partial charge in [0.2, 0.25) is 0 Å². The van der Waals surface area contributed by atoms with E-state index in [-0.39, 0.29) is 32.0 Å². The number of amides is 1. The molecule has 1 atom stereocenters. The van der Waals surface area contributed by atoms with Crippen molar-refractivity contribution in [3.63, 3.8) is 0 Å². The number of Topliss-reactive ketones (excluding diaryl/α,β-unsaturated/α-hetero) is 1. The predicted octanol–water partition coefficient (Wildman–Crippen LogP) is 1.53. The first-order valence-corrected chi connectivity index (χ1v) is 6.77. The van der Waals surface area contributed by atoms with Crippen LogP contribution in [0.2, 0.25) is 0 Å². The third kappa shape index (κ3) is 3.81. The van der Waals surface area contributed by atoms with Crippen molar-refractivity contribution < 1.29 is 23.9 Å². The molecule has 6 nitrogen and oxygen atoms in total. The highest BCUT2D eigenvalue weighted by atomic mass is 16.6. The van der Waals surface area contributed by atoms with Gasteiger partial charge in [0, 0.05) is 6.42 Å². The molecule has 1 heterocycles. The fourth-order valence-corrected chi connectivity index (χ4v) is 2.13. The molecule has 1 aromatic carbocycles. The minimum atomic E-state index is -0.874. The lowest BCUT2D eigenvalue weighted by atomic mass is 10.2. The third-order valence-electron chi connectivity index (χ3n) is 3.14. The fourth-order valence-electron chi connectivity index (χ4n) is 2.13. The number of ether oxygens (including phenoxy) is 2. The zero-order chi connectivity index (χ0) is 15.2. The van der Waals surface area contributed by atoms with E-state index in [0.29, 0.717) is 0 Å². The molecule has 1 saturated heterocycles. The topological polar surface area (TPSA) is 72.9 Å². The number of carbonyl (C=O) groups excluding carboxylic acids is 3. The van der Waals surface area contributed by atoms with Gasteiger partial charge in [0.25, 0.3) is 0 Å². The number of nitrogens with zero attached hydrogens (tertiary/aromatic N) is 1. The lowest BCUT2D eigenvalue weighted by Gasteiger charge is -2.21. The number of carbonyl (C=O) groups is 3. The van der Waals surface area contributed by atoms with Gasteiger partial charge in [-0.1, -0.05) is 30.3 Å². The molecule has 1 amide bonds. The summed E-state index contributed by atoms with van der Waals surface area (Å²) in [5, 5.41) is 0. The molecular weight excluding hydrogens is 274 g/mol. The van der Waals surface area contributed by atoms with Crippen molar-refractivity contribution in [3.05, 3.63) is 35.9 Å². The molecule has 0 saturated carbocycles. The SMILES string of the molecule is CCOC(=O)C1CC(=O)CN1C(=O)OCc1ccccc1. The molecule has 1 aromatic rings. The molecule has 1 aliphatic rings. The van der Waals surface area contributed by atoms with E-state index in [1.165, 1.54) is 0 Å². The van der Waals surface area contributed by atoms with Crippen LogP contribution in [0, 0.1) is 0 Å². The van der Waals surface area contributed by atoms with Gasteiger partial charge in [0.1, 0.15) is 12.6 Å². The largest absolute Gasteiger partial charge is 0.464 e. The summed E-state index contributed by atoms with van der Waals surface area (Å²) in [5.74, 6) is -0.746. The molecule has 0 N–H and O–H groups in total. The third-order valence-corrected chi connectivity index (χ3v) is 3.14. The van der Waals surface area contributed by atoms with E-state index in [4.69, 9.17) is 9.47 Å². The van der Waals surface area contributed by atoms with Crippen molar-refractivity contribution in [1.82, 2.24) is 4.90 Å². The van der Waals surface area contributed by atoms with E-state index in [0.717, 1.165) is 10.5 Å². The van der Waals surface area contributed by atoms with Gasteiger partial charge in [-0.3, -0.25) is 9.69 Å². The number of ketones is 1. The van der Waals surface area contributed by atoms with Crippen molar-refractivity contribution in [1.29, 1.82) is 0 Å². The Bertz CT molecular complexity index is 528. The van der Waals surface area contributed by atoms with Gasteiger partial charge in [0.15, 0.2) is 5.78 Å². The van der Waals surface area contributed by atoms with Gasteiger partial charge in [-0.15, -0.1) is 0 Å². The van der Waals surface area contributed by atoms with E-state index in [1.807, 2.05) is 30.3 Å². The lowest BCUT2D eigenvalue weighted by molar-refractivity contribution is -0.148. The lowest BCUT2D eigenvalue weighted by Crippen LogP contribution is -2.41. The van der Waals surface area contributed by atoms with Crippen LogP contribution >= 0.6 is 0 Å². The average molecular weight is 291 g/mol. The second-order valence-electron chi connectivity index (χ2n) is 4.68. The standard InChI is InChI=1S/C15H17NO5/c1-2-20-14(18)13-8-12(17)9-16(13)15(19)21-10-11-6-4-3-5-7-11/h3-7,13H,2,8-10H2,1H3. The van der Waals surface area contributed by atoms with Crippen LogP contribution in [0.5, 0.6) is 0 Å². The summed E-state index contributed by atoms with van der Waals surface area (Å²) in [6.45, 7) is 1.86. The number of benzene rings is 1. The van der Waals surface area contributed by atoms with Crippen LogP contribution in [0.4, 0.5) is 4.79 Å². The Morgan fingerprint density at radius 1 is 1.24 bits per heavy atom. The number of esters is 1. The zero-order valence-corrected chi connectivity index (χ0v) is 11.8. The summed E-state index contributed by atoms with van der Waals surface area (Å²) in [5.41, 5.74) is 0.837. The minimum Gasteiger partial charge on any atom is -0.464 e. The number of hydrogen-bond donors (Lipinski definition) is 0. The maximum atomic E-state index is 12.0. The summed E-state index contributed by atoms with van der Waals surface area (Å²) in [4.78, 5) is 36.4. The van der Waals surface area contributed by atoms with Crippen LogP contribution < -0.4 is 0 Å². The Morgan fingerprint density at radius 2 is 1.95 bits per heavy atom. The van der Waals surface area contributed by atoms with E-state index in [1.54, 1.807) is 6.92 Å². The Labute approximate surface area is 122 Å². The molecule has 1 aliphatic heterocycles. The van der Waals surface area contributed by atoms with Crippen molar-refractivity contribution in [2.75, 3.05) is 13.2 Å². The number of hydrogen-bond acceptors (Lipinski definition) is 5. The van der Waals surface area contributed by atoms with Crippen LogP contribution in [0.15, 0.2) is 30.3 Å². The van der Waals surface area contributed by atoms with Gasteiger partial charge in [-0.2, -0.15) is 0 Å². The zero-order valence-electron chi connectivity index (χ0n) is 11.8. The van der Waals surface area contributed by atoms with Gasteiger partial charge >= 0.3 is 12.1 Å². The summed E-state index contributed by atoms with van der Waals surface area (Å²) >= 11 is 0. The first kappa shape index (κ1) is 15.0. The molecule has 1 unspecified atom stereocenters. The highest BCUT2D eigenvalue weighted by molar-refractivity contribution is 5.95. The summed E-state index contributed by atoms with van der Waals surface area (Å²) in [6.07, 6.45) is -0.693. The Kier molecular flexibility index (Phi) is 4.92. The van der Waals surface area contributed by atoms with Crippen LogP contribution in [-0.4, -0.2) is 41.9 Å². The Morgan fingerprint density at radius 3 is 2.62 bits per heavy atom. The molecule has 1 fully saturated rings. The number of likely N-dealkylation sites (tertiary alicyclic amines) is 1. The van der Waals surface area contributed by atoms with Crippen molar-refractivity contribution in [2.45, 2.75) is 26.0 Å². The monoisotopic (exact) mass is 291 g/mol. The van der Waals surface area contributed by atoms with Gasteiger partial charge < -0.3 is 9.47 Å². The molecule has 112 valence electrons. The molecule has 0 aliphatic carbocycles. The first-order chi connectivity index (χ1) is 10.1. The molecular formula is C15H17NO5. The summed E-state index contributed by atoms with van der Waals surface area (Å²) < 4.78 is 10.0. The van der Waals surface area contributed by atoms with Crippen LogP contribution in [0.3, 0.4) is 0 Å². The van der Waals surface area contributed by atoms with Crippen molar-refractivity contribution in [3.8, 4) is 0 Å². The summed E-state index contributed by atoms with van der Waals surface area (Å²) in [7, 11) is 0. The number of rotatable bonds is 4. The van der Waals surface area contributed by atoms with Crippen LogP contribution in [-0.2, 0) is 25.7 Å². The summed E-state index contributed by atoms with van der Waals surface area (Å²) in [6, 6.07) is 8.31. The second-order valence-corrected chi connectivity index (χ2v) is 4.68.